The Kier molecular flexibility index (Phi) is 39.9. The Bertz CT molecular complexity index is 1330. The van der Waals surface area contributed by atoms with E-state index in [0.717, 1.165) is 18.3 Å². The molecule has 1 aromatic carbocycles. The first-order chi connectivity index (χ1) is 22.7. The molecule has 0 saturated heterocycles. The number of aryl methyl sites for hydroxylation is 1. The van der Waals surface area contributed by atoms with Gasteiger partial charge in [-0.25, -0.2) is 0 Å². The maximum Gasteiger partial charge on any atom is 0.303 e. The Morgan fingerprint density at radius 3 is 1.65 bits per heavy atom. The number of carboxylic acids is 1. The van der Waals surface area contributed by atoms with E-state index in [9.17, 15) is 9.59 Å². The highest BCUT2D eigenvalue weighted by Gasteiger charge is 1.96. The number of carbonyl (C=O) groups excluding carboxylic acids is 1. The summed E-state index contributed by atoms with van der Waals surface area (Å²) in [6.07, 6.45) is 19.9. The predicted octanol–water partition coefficient (Wildman–Crippen LogP) is 10.1. The molecule has 0 aliphatic rings. The van der Waals surface area contributed by atoms with Crippen LogP contribution < -0.4 is 0 Å². The molecule has 0 aliphatic heterocycles. The average molecular weight is 668 g/mol. The number of unbranched alkanes of at least 4 members (excludes halogenated alkanes) is 9. The summed E-state index contributed by atoms with van der Waals surface area (Å²) in [5.41, 5.74) is 2.13. The highest BCUT2D eigenvalue weighted by atomic mass is 31.1. The number of carboxylic acid groups (broad SMARTS) is 1. The molecular formula is C40H59NO3P2. The normalized spacial score (nSPS) is 8.67. The number of H-pyrrole nitrogens is 1. The number of hydrogen-bond acceptors (Lipinski definition) is 2. The van der Waals surface area contributed by atoms with Gasteiger partial charge in [0.05, 0.1) is 1.37 Å². The summed E-state index contributed by atoms with van der Waals surface area (Å²) in [5.74, 6) is 24.5. The summed E-state index contributed by atoms with van der Waals surface area (Å²) in [4.78, 5) is 22.8. The van der Waals surface area contributed by atoms with Gasteiger partial charge in [-0.05, 0) is 84.8 Å². The van der Waals surface area contributed by atoms with E-state index in [1.807, 2.05) is 36.7 Å². The lowest BCUT2D eigenvalue weighted by Crippen LogP contribution is -1.88. The fourth-order valence-corrected chi connectivity index (χ4v) is 3.35. The number of carbonyl (C=O) groups is 2. The lowest BCUT2D eigenvalue weighted by Gasteiger charge is -2.03. The second-order valence-corrected chi connectivity index (χ2v) is 11.2. The standard InChI is InChI=1S/C19H30O.C12H8P2.C4H5N.C3H6O2.2CH4.H2/c1-2-3-4-5-6-7-8-9-10-11-12-18-13-15-19(17-20)16-14-18;1-2-3-4-5-6-7-8-9-10-11-12(13)14;1-2-4-5-3-1;1-2-3(4)5;;;/h13-17H,2-12H2,1H3;12H,13-14H2,1H3;1-5H;2H2,1H3,(H,4,5);2*1H4;1H/i;12T;;;;;1+1D. The zero-order valence-corrected chi connectivity index (χ0v) is 28.9. The molecule has 2 atom stereocenters. The van der Waals surface area contributed by atoms with Gasteiger partial charge < -0.3 is 10.1 Å². The Balaban J connectivity index is -0.000000195. The highest BCUT2D eigenvalue weighted by molar-refractivity contribution is 7.38. The number of aromatic amines is 1. The molecule has 0 radical (unpaired) electrons. The lowest BCUT2D eigenvalue weighted by atomic mass is 10.0. The van der Waals surface area contributed by atoms with Crippen LogP contribution in [0.1, 0.15) is 127 Å². The molecule has 0 fully saturated rings. The predicted molar refractivity (Wildman–Crippen MR) is 209 cm³/mol. The van der Waals surface area contributed by atoms with Crippen LogP contribution in [-0.4, -0.2) is 27.7 Å². The van der Waals surface area contributed by atoms with E-state index in [2.05, 4.69) is 102 Å². The van der Waals surface area contributed by atoms with Crippen molar-refractivity contribution >= 4 is 30.7 Å². The molecule has 2 unspecified atom stereocenters. The Morgan fingerprint density at radius 2 is 1.28 bits per heavy atom. The number of aliphatic carboxylic acids is 1. The van der Waals surface area contributed by atoms with Crippen molar-refractivity contribution in [3.63, 3.8) is 0 Å². The Labute approximate surface area is 291 Å². The number of aromatic nitrogens is 1. The van der Waals surface area contributed by atoms with Gasteiger partial charge in [-0.15, -0.1) is 18.5 Å². The first-order valence-electron chi connectivity index (χ1n) is 16.5. The monoisotopic (exact) mass is 667 g/mol. The summed E-state index contributed by atoms with van der Waals surface area (Å²) in [6.45, 7) is 5.57. The van der Waals surface area contributed by atoms with Crippen molar-refractivity contribution in [1.29, 1.82) is 0 Å². The Morgan fingerprint density at radius 1 is 0.848 bits per heavy atom. The minimum atomic E-state index is -0.932. The molecule has 1 heterocycles. The van der Waals surface area contributed by atoms with Crippen LogP contribution >= 0.6 is 18.5 Å². The van der Waals surface area contributed by atoms with E-state index in [4.69, 9.17) is 9.45 Å². The molecule has 1 aromatic heterocycles. The van der Waals surface area contributed by atoms with Crippen LogP contribution in [0, 0.1) is 59.2 Å². The maximum absolute atomic E-state index is 10.6. The van der Waals surface area contributed by atoms with Crippen molar-refractivity contribution in [2.45, 2.75) is 118 Å². The zero-order valence-electron chi connectivity index (χ0n) is 29.6. The summed E-state index contributed by atoms with van der Waals surface area (Å²) >= 11 is 0. The smallest absolute Gasteiger partial charge is 0.303 e. The first-order valence-corrected chi connectivity index (χ1v) is 16.2. The molecule has 252 valence electrons. The summed E-state index contributed by atoms with van der Waals surface area (Å²) in [6, 6.07) is 11.9. The topological polar surface area (TPSA) is 70.2 Å². The fourth-order valence-electron chi connectivity index (χ4n) is 3.21. The molecule has 0 saturated carbocycles. The second kappa shape index (κ2) is 41.3. The van der Waals surface area contributed by atoms with E-state index in [-0.39, 0.29) is 21.3 Å². The molecule has 6 heteroatoms. The van der Waals surface area contributed by atoms with E-state index in [0.29, 0.717) is 0 Å². The van der Waals surface area contributed by atoms with Crippen LogP contribution in [0.3, 0.4) is 0 Å². The van der Waals surface area contributed by atoms with Crippen LogP contribution in [-0.2, 0) is 11.2 Å². The molecule has 0 bridgehead atoms. The van der Waals surface area contributed by atoms with Crippen LogP contribution in [0.2, 0.25) is 0 Å². The fraction of sp³-hybridized carbons (Fsp3) is 0.450. The third-order valence-corrected chi connectivity index (χ3v) is 5.79. The molecule has 0 spiro atoms. The van der Waals surface area contributed by atoms with Crippen molar-refractivity contribution < 1.29 is 19.0 Å². The molecular weight excluding hydrogens is 604 g/mol. The number of aldehydes is 1. The number of rotatable bonds is 13. The number of nitrogens with one attached hydrogen (secondary N) is 1. The molecule has 0 aliphatic carbocycles. The van der Waals surface area contributed by atoms with Crippen LogP contribution in [0.15, 0.2) is 48.8 Å². The van der Waals surface area contributed by atoms with Gasteiger partial charge in [0.25, 0.3) is 0 Å². The quantitative estimate of drug-likeness (QED) is 0.0967. The molecule has 2 N–H and O–H groups in total. The van der Waals surface area contributed by atoms with Gasteiger partial charge in [0.2, 0.25) is 0 Å². The van der Waals surface area contributed by atoms with Gasteiger partial charge in [0.15, 0.2) is 0 Å². The minimum absolute atomic E-state index is 0. The molecule has 4 nitrogen and oxygen atoms in total. The molecule has 0 amide bonds. The van der Waals surface area contributed by atoms with Gasteiger partial charge in [-0.3, -0.25) is 9.59 Å². The van der Waals surface area contributed by atoms with Crippen LogP contribution in [0.4, 0.5) is 0 Å². The third kappa shape index (κ3) is 42.4. The van der Waals surface area contributed by atoms with E-state index >= 15 is 0 Å². The van der Waals surface area contributed by atoms with Crippen LogP contribution in [0.5, 0.6) is 0 Å². The summed E-state index contributed by atoms with van der Waals surface area (Å²) in [5, 5.41) is 6.79. The van der Waals surface area contributed by atoms with Crippen molar-refractivity contribution in [1.82, 2.24) is 4.98 Å². The average Bonchev–Trinajstić information content (AvgIpc) is 3.67. The van der Waals surface area contributed by atoms with Gasteiger partial charge in [-0.1, -0.05) is 123 Å². The van der Waals surface area contributed by atoms with E-state index in [1.165, 1.54) is 69.8 Å². The van der Waals surface area contributed by atoms with Crippen LogP contribution in [0.25, 0.3) is 0 Å². The number of benzene rings is 1. The number of hydrogen-bond donors (Lipinski definition) is 2. The van der Waals surface area contributed by atoms with Crippen molar-refractivity contribution in [3.05, 3.63) is 59.9 Å². The molecule has 2 rings (SSSR count). The van der Waals surface area contributed by atoms with Crippen molar-refractivity contribution in [3.8, 4) is 59.2 Å². The Hall–Kier alpha value is -3.70. The summed E-state index contributed by atoms with van der Waals surface area (Å²) in [7, 11) is 4.51. The highest BCUT2D eigenvalue weighted by Crippen LogP contribution is 2.12. The van der Waals surface area contributed by atoms with Gasteiger partial charge in [0.1, 0.15) is 6.29 Å². The van der Waals surface area contributed by atoms with Crippen molar-refractivity contribution in [2.24, 2.45) is 0 Å². The summed E-state index contributed by atoms with van der Waals surface area (Å²) < 4.78 is 17.3. The SMILES string of the molecule is C.C.CCC(=O)O.CCCCCCCCCCCCc1ccc(C=O)cc1.[2H][2H].[3H]C(P)(P)C#CC#CC#CC#CC#CC.c1cc[nH]c1. The first kappa shape index (κ1) is 44.4. The van der Waals surface area contributed by atoms with E-state index in [1.54, 1.807) is 13.8 Å². The zero-order chi connectivity index (χ0) is 35.9. The maximum atomic E-state index is 10.6. The van der Waals surface area contributed by atoms with Gasteiger partial charge >= 0.3 is 5.97 Å². The molecule has 46 heavy (non-hydrogen) atoms. The third-order valence-electron chi connectivity index (χ3n) is 5.50. The minimum Gasteiger partial charge on any atom is -0.481 e. The molecule has 2 aromatic rings. The largest absolute Gasteiger partial charge is 0.481 e. The second-order valence-electron chi connectivity index (χ2n) is 9.25. The van der Waals surface area contributed by atoms with Gasteiger partial charge in [0, 0.05) is 32.7 Å². The lowest BCUT2D eigenvalue weighted by molar-refractivity contribution is -0.136. The van der Waals surface area contributed by atoms with E-state index < -0.39 is 11.3 Å². The van der Waals surface area contributed by atoms with Crippen molar-refractivity contribution in [2.75, 3.05) is 0 Å². The van der Waals surface area contributed by atoms with Gasteiger partial charge in [-0.2, -0.15) is 0 Å².